The highest BCUT2D eigenvalue weighted by Gasteiger charge is 2.35. The monoisotopic (exact) mass is 516 g/mol. The summed E-state index contributed by atoms with van der Waals surface area (Å²) in [5, 5.41) is 7.93. The third-order valence-electron chi connectivity index (χ3n) is 6.06. The number of nitrogens with two attached hydrogens (primary N) is 2. The Labute approximate surface area is 218 Å². The van der Waals surface area contributed by atoms with Crippen molar-refractivity contribution in [3.05, 3.63) is 47.9 Å². The van der Waals surface area contributed by atoms with E-state index in [0.29, 0.717) is 30.0 Å². The highest BCUT2D eigenvalue weighted by atomic mass is 16.6. The molecule has 0 aliphatic carbocycles. The van der Waals surface area contributed by atoms with Crippen LogP contribution in [0.5, 0.6) is 6.01 Å². The van der Waals surface area contributed by atoms with Gasteiger partial charge in [0.15, 0.2) is 5.69 Å². The maximum absolute atomic E-state index is 12.3. The van der Waals surface area contributed by atoms with Crippen LogP contribution in [-0.2, 0) is 4.74 Å². The Hall–Kier alpha value is -4.74. The zero-order valence-corrected chi connectivity index (χ0v) is 21.5. The van der Waals surface area contributed by atoms with Crippen molar-refractivity contribution in [2.45, 2.75) is 39.4 Å². The molecule has 5 rings (SSSR count). The van der Waals surface area contributed by atoms with Crippen LogP contribution in [0.1, 0.15) is 36.8 Å². The van der Waals surface area contributed by atoms with Crippen LogP contribution < -0.4 is 16.2 Å². The molecule has 3 aromatic heterocycles. The minimum absolute atomic E-state index is 0.0644. The van der Waals surface area contributed by atoms with Gasteiger partial charge in [0.05, 0.1) is 41.9 Å². The Kier molecular flexibility index (Phi) is 6.09. The average Bonchev–Trinajstić information content (AvgIpc) is 3.29. The average molecular weight is 517 g/mol. The van der Waals surface area contributed by atoms with E-state index in [-0.39, 0.29) is 23.5 Å². The van der Waals surface area contributed by atoms with Crippen LogP contribution in [0, 0.1) is 6.92 Å². The number of amides is 2. The first kappa shape index (κ1) is 24.9. The van der Waals surface area contributed by atoms with E-state index in [1.807, 2.05) is 39.8 Å². The van der Waals surface area contributed by atoms with E-state index in [1.165, 1.54) is 6.20 Å². The second-order valence-corrected chi connectivity index (χ2v) is 10.1. The second kappa shape index (κ2) is 9.29. The maximum atomic E-state index is 12.3. The number of carbonyl (C=O) groups excluding carboxylic acids is 2. The van der Waals surface area contributed by atoms with Gasteiger partial charge < -0.3 is 25.8 Å². The minimum atomic E-state index is -0.759. The SMILES string of the molecule is Cc1ccc2[nH]ncc2c1-c1cc(-c2ccnc(OC3CN(C(=O)OC(C)(C)C)C3)n2)nc(C(N)=O)c1N. The van der Waals surface area contributed by atoms with Crippen molar-refractivity contribution < 1.29 is 19.1 Å². The molecule has 4 heterocycles. The first-order valence-corrected chi connectivity index (χ1v) is 12.0. The first-order valence-electron chi connectivity index (χ1n) is 12.0. The van der Waals surface area contributed by atoms with E-state index in [9.17, 15) is 9.59 Å². The number of nitrogens with zero attached hydrogens (tertiary/aromatic N) is 5. The van der Waals surface area contributed by atoms with Gasteiger partial charge in [-0.25, -0.2) is 14.8 Å². The molecule has 1 aliphatic heterocycles. The number of nitrogens with one attached hydrogen (secondary N) is 1. The number of pyridine rings is 1. The number of H-pyrrole nitrogens is 1. The smallest absolute Gasteiger partial charge is 0.410 e. The summed E-state index contributed by atoms with van der Waals surface area (Å²) in [4.78, 5) is 39.1. The number of hydrogen-bond acceptors (Lipinski definition) is 9. The number of aromatic nitrogens is 5. The Morgan fingerprint density at radius 2 is 1.89 bits per heavy atom. The molecular formula is C26H28N8O4. The Morgan fingerprint density at radius 1 is 1.13 bits per heavy atom. The van der Waals surface area contributed by atoms with Crippen molar-refractivity contribution in [3.63, 3.8) is 0 Å². The van der Waals surface area contributed by atoms with E-state index in [4.69, 9.17) is 20.9 Å². The quantitative estimate of drug-likeness (QED) is 0.360. The first-order chi connectivity index (χ1) is 18.0. The minimum Gasteiger partial charge on any atom is -0.456 e. The van der Waals surface area contributed by atoms with E-state index >= 15 is 0 Å². The van der Waals surface area contributed by atoms with Gasteiger partial charge in [-0.3, -0.25) is 9.89 Å². The van der Waals surface area contributed by atoms with Gasteiger partial charge in [-0.1, -0.05) is 6.07 Å². The number of ether oxygens (including phenoxy) is 2. The molecule has 1 aliphatic rings. The fourth-order valence-corrected chi connectivity index (χ4v) is 4.24. The number of aromatic amines is 1. The van der Waals surface area contributed by atoms with Crippen molar-refractivity contribution in [3.8, 4) is 28.5 Å². The van der Waals surface area contributed by atoms with Gasteiger partial charge in [-0.05, 0) is 57.0 Å². The van der Waals surface area contributed by atoms with Crippen LogP contribution in [-0.4, -0.2) is 66.8 Å². The summed E-state index contributed by atoms with van der Waals surface area (Å²) in [6.45, 7) is 8.10. The molecule has 0 radical (unpaired) electrons. The van der Waals surface area contributed by atoms with Crippen LogP contribution in [0.2, 0.25) is 0 Å². The molecule has 12 nitrogen and oxygen atoms in total. The molecule has 5 N–H and O–H groups in total. The number of anilines is 1. The Morgan fingerprint density at radius 3 is 2.61 bits per heavy atom. The van der Waals surface area contributed by atoms with E-state index in [0.717, 1.165) is 22.0 Å². The van der Waals surface area contributed by atoms with Crippen molar-refractivity contribution in [1.82, 2.24) is 30.0 Å². The van der Waals surface area contributed by atoms with Crippen LogP contribution in [0.4, 0.5) is 10.5 Å². The molecule has 1 aromatic carbocycles. The van der Waals surface area contributed by atoms with Gasteiger partial charge in [0, 0.05) is 17.1 Å². The third-order valence-corrected chi connectivity index (χ3v) is 6.06. The summed E-state index contributed by atoms with van der Waals surface area (Å²) in [5.74, 6) is -0.759. The van der Waals surface area contributed by atoms with Crippen molar-refractivity contribution >= 4 is 28.6 Å². The molecule has 38 heavy (non-hydrogen) atoms. The fraction of sp³-hybridized carbons (Fsp3) is 0.308. The van der Waals surface area contributed by atoms with Gasteiger partial charge in [0.2, 0.25) is 0 Å². The lowest BCUT2D eigenvalue weighted by atomic mass is 9.94. The molecule has 0 atom stereocenters. The number of aryl methyl sites for hydroxylation is 1. The summed E-state index contributed by atoms with van der Waals surface area (Å²) < 4.78 is 11.3. The fourth-order valence-electron chi connectivity index (χ4n) is 4.24. The molecule has 2 amide bonds. The van der Waals surface area contributed by atoms with Crippen LogP contribution >= 0.6 is 0 Å². The normalized spacial score (nSPS) is 13.8. The lowest BCUT2D eigenvalue weighted by Gasteiger charge is -2.38. The van der Waals surface area contributed by atoms with E-state index in [2.05, 4.69) is 25.1 Å². The van der Waals surface area contributed by atoms with Gasteiger partial charge in [-0.15, -0.1) is 0 Å². The number of carbonyl (C=O) groups is 2. The third kappa shape index (κ3) is 4.80. The van der Waals surface area contributed by atoms with E-state index < -0.39 is 17.6 Å². The molecule has 0 unspecified atom stereocenters. The predicted octanol–water partition coefficient (Wildman–Crippen LogP) is 3.07. The van der Waals surface area contributed by atoms with Crippen LogP contribution in [0.25, 0.3) is 33.4 Å². The maximum Gasteiger partial charge on any atom is 0.410 e. The van der Waals surface area contributed by atoms with Crippen LogP contribution in [0.3, 0.4) is 0 Å². The number of nitrogen functional groups attached to an aromatic ring is 1. The lowest BCUT2D eigenvalue weighted by molar-refractivity contribution is -0.0244. The number of benzene rings is 1. The van der Waals surface area contributed by atoms with Crippen molar-refractivity contribution in [2.24, 2.45) is 5.73 Å². The Bertz CT molecular complexity index is 1550. The molecular weight excluding hydrogens is 488 g/mol. The van der Waals surface area contributed by atoms with Crippen molar-refractivity contribution in [1.29, 1.82) is 0 Å². The number of hydrogen-bond donors (Lipinski definition) is 3. The summed E-state index contributed by atoms with van der Waals surface area (Å²) in [7, 11) is 0. The molecule has 0 spiro atoms. The summed E-state index contributed by atoms with van der Waals surface area (Å²) in [6, 6.07) is 7.39. The molecule has 12 heteroatoms. The van der Waals surface area contributed by atoms with Crippen LogP contribution in [0.15, 0.2) is 36.7 Å². The van der Waals surface area contributed by atoms with Gasteiger partial charge >= 0.3 is 12.1 Å². The van der Waals surface area contributed by atoms with Gasteiger partial charge in [-0.2, -0.15) is 10.1 Å². The largest absolute Gasteiger partial charge is 0.456 e. The standard InChI is InChI=1S/C26H28N8O4/c1-13-5-6-17-16(10-30-33-17)20(13)15-9-19(31-22(21(15)27)23(28)35)18-7-8-29-24(32-18)37-14-11-34(12-14)25(36)38-26(2,3)4/h5-10,14H,11-12,27H2,1-4H3,(H2,28,35)(H,30,33). The Balaban J connectivity index is 1.45. The highest BCUT2D eigenvalue weighted by Crippen LogP contribution is 2.37. The topological polar surface area (TPSA) is 175 Å². The summed E-state index contributed by atoms with van der Waals surface area (Å²) in [5.41, 5.74) is 15.5. The van der Waals surface area contributed by atoms with Gasteiger partial charge in [0.1, 0.15) is 11.7 Å². The number of rotatable bonds is 5. The molecule has 0 bridgehead atoms. The summed E-state index contributed by atoms with van der Waals surface area (Å²) in [6.07, 6.45) is 2.56. The lowest BCUT2D eigenvalue weighted by Crippen LogP contribution is -2.57. The zero-order chi connectivity index (χ0) is 27.2. The van der Waals surface area contributed by atoms with Crippen molar-refractivity contribution in [2.75, 3.05) is 18.8 Å². The molecule has 4 aromatic rings. The van der Waals surface area contributed by atoms with E-state index in [1.54, 1.807) is 23.2 Å². The molecule has 1 saturated heterocycles. The predicted molar refractivity (Wildman–Crippen MR) is 140 cm³/mol. The number of likely N-dealkylation sites (tertiary alicyclic amines) is 1. The highest BCUT2D eigenvalue weighted by molar-refractivity contribution is 6.05. The summed E-state index contributed by atoms with van der Waals surface area (Å²) >= 11 is 0. The zero-order valence-electron chi connectivity index (χ0n) is 21.5. The molecule has 0 saturated carbocycles. The second-order valence-electron chi connectivity index (χ2n) is 10.1. The number of fused-ring (bicyclic) bond motifs is 1. The molecule has 1 fully saturated rings. The van der Waals surface area contributed by atoms with Gasteiger partial charge in [0.25, 0.3) is 5.91 Å². The molecule has 196 valence electrons. The number of primary amides is 1.